The van der Waals surface area contributed by atoms with E-state index in [1.807, 2.05) is 0 Å². The Kier molecular flexibility index (Phi) is 8.47. The van der Waals surface area contributed by atoms with E-state index in [4.69, 9.17) is 5.11 Å². The van der Waals surface area contributed by atoms with Gasteiger partial charge in [0.25, 0.3) is 0 Å². The van der Waals surface area contributed by atoms with Crippen LogP contribution in [-0.4, -0.2) is 28.4 Å². The quantitative estimate of drug-likeness (QED) is 0.621. The van der Waals surface area contributed by atoms with Crippen molar-refractivity contribution in [3.63, 3.8) is 0 Å². The lowest BCUT2D eigenvalue weighted by Gasteiger charge is -2.10. The summed E-state index contributed by atoms with van der Waals surface area (Å²) in [5.74, 6) is 0.236. The Bertz CT molecular complexity index is 204. The summed E-state index contributed by atoms with van der Waals surface area (Å²) in [6.45, 7) is 3.88. The van der Waals surface area contributed by atoms with E-state index in [1.165, 1.54) is 0 Å². The van der Waals surface area contributed by atoms with Gasteiger partial charge in [0.15, 0.2) is 0 Å². The number of aliphatic carboxylic acids is 1. The van der Waals surface area contributed by atoms with E-state index in [9.17, 15) is 9.59 Å². The second-order valence-corrected chi connectivity index (χ2v) is 4.71. The summed E-state index contributed by atoms with van der Waals surface area (Å²) in [5, 5.41) is 8.91. The maximum absolute atomic E-state index is 11.1. The monoisotopic (exact) mass is 232 g/mol. The summed E-state index contributed by atoms with van der Waals surface area (Å²) in [7, 11) is 0. The Morgan fingerprint density at radius 3 is 2.47 bits per heavy atom. The highest BCUT2D eigenvalue weighted by Crippen LogP contribution is 2.15. The summed E-state index contributed by atoms with van der Waals surface area (Å²) in [4.78, 5) is 22.0. The van der Waals surface area contributed by atoms with Crippen molar-refractivity contribution in [1.29, 1.82) is 0 Å². The molecule has 0 aromatic rings. The Balaban J connectivity index is 3.84. The minimum atomic E-state index is -0.846. The number of ketones is 1. The number of rotatable bonds is 9. The molecule has 3 nitrogen and oxygen atoms in total. The second-order valence-electron chi connectivity index (χ2n) is 3.56. The number of thioether (sulfide) groups is 1. The van der Waals surface area contributed by atoms with E-state index < -0.39 is 11.9 Å². The van der Waals surface area contributed by atoms with Crippen LogP contribution in [-0.2, 0) is 9.59 Å². The lowest BCUT2D eigenvalue weighted by Crippen LogP contribution is -2.20. The van der Waals surface area contributed by atoms with Crippen molar-refractivity contribution in [3.05, 3.63) is 0 Å². The maximum Gasteiger partial charge on any atom is 0.307 e. The van der Waals surface area contributed by atoms with Crippen molar-refractivity contribution in [2.24, 2.45) is 5.92 Å². The van der Waals surface area contributed by atoms with Crippen LogP contribution in [0.2, 0.25) is 0 Å². The molecule has 1 atom stereocenters. The molecule has 1 N–H and O–H groups in total. The number of carbonyl (C=O) groups is 2. The van der Waals surface area contributed by atoms with Crippen LogP contribution in [0.15, 0.2) is 0 Å². The molecule has 0 aliphatic carbocycles. The Hall–Kier alpha value is -0.510. The SMILES string of the molecule is CCCCSCC(CC(=O)CC)C(=O)O. The molecule has 0 fully saturated rings. The van der Waals surface area contributed by atoms with Gasteiger partial charge in [0.2, 0.25) is 0 Å². The van der Waals surface area contributed by atoms with E-state index >= 15 is 0 Å². The van der Waals surface area contributed by atoms with Gasteiger partial charge in [0.1, 0.15) is 5.78 Å². The first-order chi connectivity index (χ1) is 7.11. The lowest BCUT2D eigenvalue weighted by atomic mass is 10.0. The largest absolute Gasteiger partial charge is 0.481 e. The van der Waals surface area contributed by atoms with Gasteiger partial charge in [-0.25, -0.2) is 0 Å². The third-order valence-corrected chi connectivity index (χ3v) is 3.39. The molecule has 0 saturated heterocycles. The summed E-state index contributed by atoms with van der Waals surface area (Å²) in [5.41, 5.74) is 0. The molecular weight excluding hydrogens is 212 g/mol. The van der Waals surface area contributed by atoms with Gasteiger partial charge in [0, 0.05) is 18.6 Å². The zero-order valence-electron chi connectivity index (χ0n) is 9.49. The molecule has 0 heterocycles. The van der Waals surface area contributed by atoms with Crippen LogP contribution in [0.3, 0.4) is 0 Å². The molecule has 0 rings (SSSR count). The summed E-state index contributed by atoms with van der Waals surface area (Å²) in [6, 6.07) is 0. The van der Waals surface area contributed by atoms with Gasteiger partial charge >= 0.3 is 5.97 Å². The minimum absolute atomic E-state index is 0.0403. The van der Waals surface area contributed by atoms with Crippen molar-refractivity contribution < 1.29 is 14.7 Å². The predicted molar refractivity (Wildman–Crippen MR) is 63.3 cm³/mol. The van der Waals surface area contributed by atoms with Crippen molar-refractivity contribution >= 4 is 23.5 Å². The van der Waals surface area contributed by atoms with Gasteiger partial charge in [-0.15, -0.1) is 0 Å². The van der Waals surface area contributed by atoms with Gasteiger partial charge in [-0.05, 0) is 12.2 Å². The molecule has 0 saturated carbocycles. The lowest BCUT2D eigenvalue weighted by molar-refractivity contribution is -0.142. The fraction of sp³-hybridized carbons (Fsp3) is 0.818. The van der Waals surface area contributed by atoms with Crippen molar-refractivity contribution in [2.75, 3.05) is 11.5 Å². The normalized spacial score (nSPS) is 12.4. The molecule has 4 heteroatoms. The van der Waals surface area contributed by atoms with Gasteiger partial charge in [0.05, 0.1) is 5.92 Å². The highest BCUT2D eigenvalue weighted by molar-refractivity contribution is 7.99. The van der Waals surface area contributed by atoms with Crippen molar-refractivity contribution in [2.45, 2.75) is 39.5 Å². The first-order valence-corrected chi connectivity index (χ1v) is 6.59. The second kappa shape index (κ2) is 8.77. The average Bonchev–Trinajstić information content (AvgIpc) is 2.21. The molecule has 0 aliphatic rings. The number of Topliss-reactive ketones (excluding diaryl/α,β-unsaturated/α-hetero) is 1. The smallest absolute Gasteiger partial charge is 0.307 e. The highest BCUT2D eigenvalue weighted by Gasteiger charge is 2.19. The van der Waals surface area contributed by atoms with E-state index in [-0.39, 0.29) is 12.2 Å². The van der Waals surface area contributed by atoms with Crippen LogP contribution in [0.1, 0.15) is 39.5 Å². The first kappa shape index (κ1) is 14.5. The number of carbonyl (C=O) groups excluding carboxylic acids is 1. The highest BCUT2D eigenvalue weighted by atomic mass is 32.2. The van der Waals surface area contributed by atoms with Crippen LogP contribution in [0, 0.1) is 5.92 Å². The zero-order chi connectivity index (χ0) is 11.7. The van der Waals surface area contributed by atoms with Crippen LogP contribution >= 0.6 is 11.8 Å². The molecule has 88 valence electrons. The number of hydrogen-bond acceptors (Lipinski definition) is 3. The van der Waals surface area contributed by atoms with Crippen LogP contribution in [0.25, 0.3) is 0 Å². The third kappa shape index (κ3) is 7.42. The Morgan fingerprint density at radius 2 is 2.00 bits per heavy atom. The van der Waals surface area contributed by atoms with Crippen molar-refractivity contribution in [1.82, 2.24) is 0 Å². The minimum Gasteiger partial charge on any atom is -0.481 e. The van der Waals surface area contributed by atoms with Gasteiger partial charge in [-0.2, -0.15) is 11.8 Å². The van der Waals surface area contributed by atoms with E-state index in [0.29, 0.717) is 12.2 Å². The van der Waals surface area contributed by atoms with Crippen LogP contribution in [0.5, 0.6) is 0 Å². The molecule has 0 spiro atoms. The first-order valence-electron chi connectivity index (χ1n) is 5.44. The van der Waals surface area contributed by atoms with E-state index in [1.54, 1.807) is 18.7 Å². The van der Waals surface area contributed by atoms with E-state index in [2.05, 4.69) is 6.92 Å². The topological polar surface area (TPSA) is 54.4 Å². The molecule has 0 amide bonds. The fourth-order valence-corrected chi connectivity index (χ4v) is 2.31. The summed E-state index contributed by atoms with van der Waals surface area (Å²) in [6.07, 6.45) is 2.85. The molecule has 0 radical (unpaired) electrons. The van der Waals surface area contributed by atoms with Gasteiger partial charge in [-0.3, -0.25) is 9.59 Å². The summed E-state index contributed by atoms with van der Waals surface area (Å²) >= 11 is 1.63. The van der Waals surface area contributed by atoms with Crippen molar-refractivity contribution in [3.8, 4) is 0 Å². The zero-order valence-corrected chi connectivity index (χ0v) is 10.3. The van der Waals surface area contributed by atoms with Crippen LogP contribution < -0.4 is 0 Å². The van der Waals surface area contributed by atoms with Gasteiger partial charge < -0.3 is 5.11 Å². The molecular formula is C11H20O3S. The number of carboxylic acid groups (broad SMARTS) is 1. The standard InChI is InChI=1S/C11H20O3S/c1-3-5-6-15-8-9(11(13)14)7-10(12)4-2/h9H,3-8H2,1-2H3,(H,13,14). The average molecular weight is 232 g/mol. The molecule has 15 heavy (non-hydrogen) atoms. The fourth-order valence-electron chi connectivity index (χ4n) is 1.11. The molecule has 0 aromatic heterocycles. The number of unbranched alkanes of at least 4 members (excludes halogenated alkanes) is 1. The molecule has 0 aliphatic heterocycles. The Labute approximate surface area is 95.6 Å². The van der Waals surface area contributed by atoms with E-state index in [0.717, 1.165) is 18.6 Å². The van der Waals surface area contributed by atoms with Gasteiger partial charge in [-0.1, -0.05) is 20.3 Å². The third-order valence-electron chi connectivity index (χ3n) is 2.18. The number of carboxylic acids is 1. The molecule has 0 bridgehead atoms. The Morgan fingerprint density at radius 1 is 1.33 bits per heavy atom. The maximum atomic E-state index is 11.1. The number of hydrogen-bond donors (Lipinski definition) is 1. The molecule has 1 unspecified atom stereocenters. The van der Waals surface area contributed by atoms with Crippen LogP contribution in [0.4, 0.5) is 0 Å². The molecule has 0 aromatic carbocycles. The summed E-state index contributed by atoms with van der Waals surface area (Å²) < 4.78 is 0. The predicted octanol–water partition coefficient (Wildman–Crippen LogP) is 2.59.